The highest BCUT2D eigenvalue weighted by molar-refractivity contribution is 8.17. The second kappa shape index (κ2) is 31.5. The van der Waals surface area contributed by atoms with Gasteiger partial charge in [-0.15, -0.1) is 11.8 Å². The highest BCUT2D eigenvalue weighted by Crippen LogP contribution is 2.63. The van der Waals surface area contributed by atoms with Crippen LogP contribution in [0.4, 0.5) is 0 Å². The van der Waals surface area contributed by atoms with Gasteiger partial charge in [0.2, 0.25) is 0 Å². The molecule has 9 aliphatic rings. The monoisotopic (exact) mass is 1500 g/mol. The Hall–Kier alpha value is -4.38. The van der Waals surface area contributed by atoms with Gasteiger partial charge in [0.05, 0.1) is 59.8 Å². The van der Waals surface area contributed by atoms with Crippen molar-refractivity contribution in [2.75, 3.05) is 28.2 Å². The van der Waals surface area contributed by atoms with E-state index in [2.05, 4.69) is 375 Å². The molecule has 9 heterocycles. The molecule has 0 bridgehead atoms. The van der Waals surface area contributed by atoms with Crippen molar-refractivity contribution >= 4 is 74.6 Å². The first-order chi connectivity index (χ1) is 45.5. The zero-order chi connectivity index (χ0) is 83.5. The van der Waals surface area contributed by atoms with Crippen molar-refractivity contribution in [3.05, 3.63) is 96.0 Å². The number of hydrogen-bond donors (Lipinski definition) is 0. The lowest BCUT2D eigenvalue weighted by atomic mass is 9.57. The molecule has 0 spiro atoms. The third-order valence-corrected chi connectivity index (χ3v) is 32.7. The van der Waals surface area contributed by atoms with Gasteiger partial charge in [0, 0.05) is 101 Å². The van der Waals surface area contributed by atoms with Crippen LogP contribution in [0.1, 0.15) is 298 Å². The fourth-order valence-electron chi connectivity index (χ4n) is 12.7. The number of aliphatic imine (C=N–C) groups is 7. The summed E-state index contributed by atoms with van der Waals surface area (Å²) in [5.41, 5.74) is 6.61. The maximum Gasteiger partial charge on any atom is 0.191 e. The van der Waals surface area contributed by atoms with Crippen molar-refractivity contribution in [3.8, 4) is 0 Å². The Labute approximate surface area is 654 Å². The van der Waals surface area contributed by atoms with Gasteiger partial charge in [0.25, 0.3) is 0 Å². The van der Waals surface area contributed by atoms with Crippen molar-refractivity contribution in [3.63, 3.8) is 0 Å². The van der Waals surface area contributed by atoms with Gasteiger partial charge in [0.15, 0.2) is 11.8 Å². The van der Waals surface area contributed by atoms with Gasteiger partial charge in [-0.05, 0) is 248 Å². The van der Waals surface area contributed by atoms with E-state index in [9.17, 15) is 0 Å². The average molecular weight is 1500 g/mol. The molecule has 13 nitrogen and oxygen atoms in total. The fourth-order valence-corrected chi connectivity index (χ4v) is 16.1. The first-order valence-electron chi connectivity index (χ1n) is 37.3. The summed E-state index contributed by atoms with van der Waals surface area (Å²) >= 11 is 5.22. The van der Waals surface area contributed by atoms with Crippen molar-refractivity contribution in [1.29, 1.82) is 0 Å². The lowest BCUT2D eigenvalue weighted by molar-refractivity contribution is 0.0608. The van der Waals surface area contributed by atoms with Crippen LogP contribution in [0.3, 0.4) is 0 Å². The van der Waals surface area contributed by atoms with Gasteiger partial charge in [0.1, 0.15) is 17.2 Å². The SMILES string of the molecule is C=C1N=C(C)N(C)C(=C)C1(C)C.C=C1N=C(C)OC(=C)C1(C)C.C=C1N=C(C)SC(=C)C1(C)C.C=C1SC(=C)C(C)(C)C(C)(C)N1C.CC1=NC(C)(C)C(C)(C)C1(C)C.CC1=NC(C)(C)C(C)(C)N1C.CC1=NC(C)(C)C(C)(C)O1.CC1=NC(C)(C)C(C)(C)S1.CN1C(C)(C)C(C)(C)C(C)(C)C1(C)C. The molecule has 0 aromatic heterocycles. The van der Waals surface area contributed by atoms with E-state index < -0.39 is 0 Å². The molecular weight excluding hydrogens is 1340 g/mol. The molecular formula is C88H157N11O2S3. The minimum Gasteiger partial charge on any atom is -0.473 e. The molecule has 0 saturated carbocycles. The summed E-state index contributed by atoms with van der Waals surface area (Å²) < 4.78 is 11.1. The van der Waals surface area contributed by atoms with Crippen molar-refractivity contribution in [2.24, 2.45) is 78.3 Å². The van der Waals surface area contributed by atoms with Crippen LogP contribution in [0, 0.1) is 43.3 Å². The van der Waals surface area contributed by atoms with Crippen LogP contribution in [0.2, 0.25) is 0 Å². The van der Waals surface area contributed by atoms with Crippen LogP contribution in [-0.4, -0.2) is 142 Å². The van der Waals surface area contributed by atoms with E-state index in [4.69, 9.17) is 14.5 Å². The number of amidine groups is 2. The molecule has 9 aliphatic heterocycles. The van der Waals surface area contributed by atoms with Gasteiger partial charge in [-0.1, -0.05) is 145 Å². The standard InChI is InChI=1S/C13H27N.C11H19NS.C11H21N.C10H16N2.C9H18N2.C9H13NO.C9H13NS.C8H15NO.C8H15NS/c1-10(2)11(3,4)13(7,8)14(9)12(10,5)6;1-8-10(3,4)11(5,6)12(7)9(2)13-8;1-8-9(2,3)10(4,5)11(6,7)12-8;1-7-10(4,5)8(2)12(6)9(3)11-7;1-7-10-8(2,3)9(4,5)11(7)6;2*1-6-9(4,5)7(2)11-8(3)10-6;2*1-6-9-7(2,3)8(4,5)10-6/h1-9H3;1-2H2,3-7H3;1-7H3;1-2H2,3-6H3;1-6H3;2*1-2H2,3-5H3;2*1-5H3. The molecule has 0 aliphatic carbocycles. The smallest absolute Gasteiger partial charge is 0.191 e. The Morgan fingerprint density at radius 1 is 0.356 bits per heavy atom. The summed E-state index contributed by atoms with van der Waals surface area (Å²) in [6, 6.07) is 0. The molecule has 0 unspecified atom stereocenters. The topological polar surface area (TPSA) is 118 Å². The predicted molar refractivity (Wildman–Crippen MR) is 472 cm³/mol. The second-order valence-corrected chi connectivity index (χ2v) is 43.5. The number of likely N-dealkylation sites (tertiary alicyclic amines) is 1. The summed E-state index contributed by atoms with van der Waals surface area (Å²) in [6.45, 7) is 126. The number of ether oxygens (including phenoxy) is 2. The van der Waals surface area contributed by atoms with Crippen LogP contribution >= 0.6 is 35.3 Å². The summed E-state index contributed by atoms with van der Waals surface area (Å²) in [5.74, 6) is 4.24. The fraction of sp³-hybridized carbons (Fsp3) is 0.739. The molecule has 0 radical (unpaired) electrons. The van der Waals surface area contributed by atoms with E-state index in [0.29, 0.717) is 16.7 Å². The van der Waals surface area contributed by atoms with Gasteiger partial charge in [-0.3, -0.25) is 24.9 Å². The number of hydrogen-bond acceptors (Lipinski definition) is 16. The molecule has 0 atom stereocenters. The average Bonchev–Trinajstić information content (AvgIpc) is 1.54. The van der Waals surface area contributed by atoms with E-state index >= 15 is 0 Å². The number of likely N-dealkylation sites (N-methyl/N-ethyl adjacent to an activating group) is 1. The number of thioether (sulfide) groups is 3. The van der Waals surface area contributed by atoms with E-state index in [1.165, 1.54) is 15.7 Å². The Morgan fingerprint density at radius 2 is 0.788 bits per heavy atom. The van der Waals surface area contributed by atoms with Gasteiger partial charge >= 0.3 is 0 Å². The van der Waals surface area contributed by atoms with E-state index in [1.807, 2.05) is 58.3 Å². The van der Waals surface area contributed by atoms with Crippen molar-refractivity contribution < 1.29 is 9.47 Å². The lowest BCUT2D eigenvalue weighted by Gasteiger charge is -2.54. The van der Waals surface area contributed by atoms with Crippen LogP contribution in [0.5, 0.6) is 0 Å². The minimum atomic E-state index is -0.223. The molecule has 104 heavy (non-hydrogen) atoms. The quantitative estimate of drug-likeness (QED) is 0.234. The summed E-state index contributed by atoms with van der Waals surface area (Å²) in [6.07, 6.45) is 0. The highest BCUT2D eigenvalue weighted by Gasteiger charge is 2.66. The van der Waals surface area contributed by atoms with Crippen molar-refractivity contribution in [1.82, 2.24) is 19.6 Å². The van der Waals surface area contributed by atoms with Gasteiger partial charge in [-0.25, -0.2) is 15.0 Å². The molecule has 0 amide bonds. The molecule has 16 heteroatoms. The first kappa shape index (κ1) is 97.6. The molecule has 2 fully saturated rings. The van der Waals surface area contributed by atoms with Crippen molar-refractivity contribution in [2.45, 2.75) is 352 Å². The predicted octanol–water partition coefficient (Wildman–Crippen LogP) is 25.0. The Balaban J connectivity index is 0.000000586. The van der Waals surface area contributed by atoms with Crippen LogP contribution in [0.15, 0.2) is 131 Å². The molecule has 9 rings (SSSR count). The van der Waals surface area contributed by atoms with Gasteiger partial charge in [-0.2, -0.15) is 0 Å². The van der Waals surface area contributed by atoms with Gasteiger partial charge < -0.3 is 24.2 Å². The third-order valence-electron chi connectivity index (χ3n) is 28.9. The third kappa shape index (κ3) is 19.1. The number of allylic oxidation sites excluding steroid dienone is 1. The normalized spacial score (nSPS) is 27.0. The molecule has 0 aromatic rings. The van der Waals surface area contributed by atoms with E-state index in [1.54, 1.807) is 30.4 Å². The Morgan fingerprint density at radius 3 is 1.05 bits per heavy atom. The zero-order valence-corrected chi connectivity index (χ0v) is 78.6. The summed E-state index contributed by atoms with van der Waals surface area (Å²) in [5, 5.41) is 3.35. The maximum absolute atomic E-state index is 5.51. The second-order valence-electron chi connectivity index (χ2n) is 39.2. The lowest BCUT2D eigenvalue weighted by Crippen LogP contribution is -2.54. The van der Waals surface area contributed by atoms with E-state index in [-0.39, 0.29) is 87.1 Å². The molecule has 0 aromatic carbocycles. The molecule has 2 saturated heterocycles. The highest BCUT2D eigenvalue weighted by atomic mass is 32.2. The molecule has 0 N–H and O–H groups in total. The summed E-state index contributed by atoms with van der Waals surface area (Å²) in [4.78, 5) is 42.4. The number of nitrogens with zero attached hydrogens (tertiary/aromatic N) is 11. The van der Waals surface area contributed by atoms with Crippen LogP contribution in [-0.2, 0) is 9.47 Å². The minimum absolute atomic E-state index is 0.0375. The first-order valence-corrected chi connectivity index (χ1v) is 39.8. The molecule has 594 valence electrons. The maximum atomic E-state index is 5.51. The Bertz CT molecular complexity index is 3410. The Kier molecular flexibility index (Phi) is 29.6. The number of rotatable bonds is 0. The zero-order valence-electron chi connectivity index (χ0n) is 76.1. The summed E-state index contributed by atoms with van der Waals surface area (Å²) in [7, 11) is 8.45. The van der Waals surface area contributed by atoms with Crippen LogP contribution < -0.4 is 0 Å². The largest absolute Gasteiger partial charge is 0.473 e. The van der Waals surface area contributed by atoms with E-state index in [0.717, 1.165) is 61.1 Å². The van der Waals surface area contributed by atoms with Crippen LogP contribution in [0.25, 0.3) is 0 Å².